The van der Waals surface area contributed by atoms with Gasteiger partial charge < -0.3 is 13.9 Å². The number of hydrogen-bond acceptors (Lipinski definition) is 6. The minimum absolute atomic E-state index is 0.204. The number of thioether (sulfide) groups is 1. The fourth-order valence-corrected chi connectivity index (χ4v) is 4.12. The van der Waals surface area contributed by atoms with Gasteiger partial charge in [0.25, 0.3) is 0 Å². The molecule has 0 saturated carbocycles. The highest BCUT2D eigenvalue weighted by molar-refractivity contribution is 7.98. The van der Waals surface area contributed by atoms with E-state index in [9.17, 15) is 9.59 Å². The number of furan rings is 1. The van der Waals surface area contributed by atoms with Crippen LogP contribution in [0.5, 0.6) is 5.75 Å². The van der Waals surface area contributed by atoms with E-state index in [-0.39, 0.29) is 5.78 Å². The van der Waals surface area contributed by atoms with Crippen LogP contribution in [0.1, 0.15) is 61.9 Å². The lowest BCUT2D eigenvalue weighted by atomic mass is 10.0. The maximum Gasteiger partial charge on any atom is 0.350 e. The van der Waals surface area contributed by atoms with E-state index in [2.05, 4.69) is 0 Å². The highest BCUT2D eigenvalue weighted by Crippen LogP contribution is 2.31. The molecule has 1 aromatic heterocycles. The smallest absolute Gasteiger partial charge is 0.350 e. The first-order valence-electron chi connectivity index (χ1n) is 11.1. The zero-order chi connectivity index (χ0) is 25.3. The summed E-state index contributed by atoms with van der Waals surface area (Å²) in [6.45, 7) is 12.7. The number of fused-ring (bicyclic) bond motifs is 1. The molecule has 0 spiro atoms. The molecule has 0 aliphatic carbocycles. The predicted molar refractivity (Wildman–Crippen MR) is 138 cm³/mol. The van der Waals surface area contributed by atoms with Crippen molar-refractivity contribution in [1.82, 2.24) is 0 Å². The number of ether oxygens (including phenoxy) is 2. The minimum atomic E-state index is -1.15. The number of benzene rings is 2. The van der Waals surface area contributed by atoms with Gasteiger partial charge in [-0.2, -0.15) is 0 Å². The van der Waals surface area contributed by atoms with Gasteiger partial charge in [-0.3, -0.25) is 4.79 Å². The van der Waals surface area contributed by atoms with Crippen LogP contribution in [0, 0.1) is 13.8 Å². The molecular weight excluding hydrogens is 448 g/mol. The molecule has 0 bridgehead atoms. The monoisotopic (exact) mass is 480 g/mol. The number of rotatable bonds is 7. The van der Waals surface area contributed by atoms with Crippen molar-refractivity contribution in [1.29, 1.82) is 0 Å². The van der Waals surface area contributed by atoms with Gasteiger partial charge in [0, 0.05) is 10.3 Å². The maximum absolute atomic E-state index is 12.7. The third-order valence-electron chi connectivity index (χ3n) is 5.14. The summed E-state index contributed by atoms with van der Waals surface area (Å²) in [6.07, 6.45) is 5.26. The number of hydrogen-bond donors (Lipinski definition) is 0. The lowest BCUT2D eigenvalue weighted by Gasteiger charge is -2.30. The Balaban J connectivity index is 1.79. The van der Waals surface area contributed by atoms with Gasteiger partial charge in [-0.25, -0.2) is 4.79 Å². The molecule has 3 rings (SSSR count). The van der Waals surface area contributed by atoms with Crippen LogP contribution in [0.3, 0.4) is 0 Å². The Kier molecular flexibility index (Phi) is 7.32. The summed E-state index contributed by atoms with van der Waals surface area (Å²) in [4.78, 5) is 26.4. The molecule has 0 radical (unpaired) electrons. The lowest BCUT2D eigenvalue weighted by molar-refractivity contribution is -0.171. The molecule has 0 aliphatic heterocycles. The molecule has 6 heteroatoms. The fourth-order valence-electron chi connectivity index (χ4n) is 3.53. The molecular formula is C28H32O5S. The van der Waals surface area contributed by atoms with Crippen LogP contribution in [0.25, 0.3) is 17.0 Å². The summed E-state index contributed by atoms with van der Waals surface area (Å²) in [7, 11) is 0. The predicted octanol–water partition coefficient (Wildman–Crippen LogP) is 7.17. The third-order valence-corrected chi connectivity index (χ3v) is 5.94. The van der Waals surface area contributed by atoms with Crippen molar-refractivity contribution in [2.24, 2.45) is 0 Å². The molecule has 0 atom stereocenters. The van der Waals surface area contributed by atoms with Crippen LogP contribution >= 0.6 is 11.8 Å². The first-order valence-corrected chi connectivity index (χ1v) is 12.4. The van der Waals surface area contributed by atoms with Crippen molar-refractivity contribution in [2.45, 2.75) is 64.6 Å². The molecule has 180 valence electrons. The number of ketones is 1. The highest BCUT2D eigenvalue weighted by Gasteiger charge is 2.35. The summed E-state index contributed by atoms with van der Waals surface area (Å²) in [6, 6.07) is 11.4. The third kappa shape index (κ3) is 5.92. The Bertz CT molecular complexity index is 1230. The van der Waals surface area contributed by atoms with Crippen molar-refractivity contribution in [3.8, 4) is 5.75 Å². The summed E-state index contributed by atoms with van der Waals surface area (Å²) in [5.74, 6) is 0.301. The van der Waals surface area contributed by atoms with E-state index in [1.54, 1.807) is 37.8 Å². The van der Waals surface area contributed by atoms with E-state index < -0.39 is 17.2 Å². The molecule has 2 aromatic carbocycles. The number of allylic oxidation sites excluding steroid dienone is 1. The van der Waals surface area contributed by atoms with Crippen molar-refractivity contribution >= 4 is 40.6 Å². The van der Waals surface area contributed by atoms with Gasteiger partial charge in [0.15, 0.2) is 11.4 Å². The molecule has 5 nitrogen and oxygen atoms in total. The molecule has 1 heterocycles. The van der Waals surface area contributed by atoms with Gasteiger partial charge in [0.1, 0.15) is 16.9 Å². The van der Waals surface area contributed by atoms with Gasteiger partial charge in [0.2, 0.25) is 5.78 Å². The summed E-state index contributed by atoms with van der Waals surface area (Å²) in [5.41, 5.74) is 1.53. The molecule has 34 heavy (non-hydrogen) atoms. The fraction of sp³-hybridized carbons (Fsp3) is 0.357. The van der Waals surface area contributed by atoms with E-state index in [1.807, 2.05) is 71.2 Å². The van der Waals surface area contributed by atoms with E-state index in [0.29, 0.717) is 17.1 Å². The quantitative estimate of drug-likeness (QED) is 0.155. The van der Waals surface area contributed by atoms with Crippen molar-refractivity contribution in [3.05, 3.63) is 64.9 Å². The van der Waals surface area contributed by atoms with Gasteiger partial charge in [-0.15, -0.1) is 11.8 Å². The Morgan fingerprint density at radius 2 is 1.65 bits per heavy atom. The van der Waals surface area contributed by atoms with Crippen LogP contribution in [-0.2, 0) is 9.53 Å². The number of aryl methyl sites for hydroxylation is 2. The van der Waals surface area contributed by atoms with Gasteiger partial charge in [0.05, 0.1) is 0 Å². The Morgan fingerprint density at radius 1 is 1.00 bits per heavy atom. The molecule has 0 N–H and O–H groups in total. The average molecular weight is 481 g/mol. The summed E-state index contributed by atoms with van der Waals surface area (Å²) in [5, 5.41) is 0.938. The van der Waals surface area contributed by atoms with Crippen LogP contribution in [-0.4, -0.2) is 29.2 Å². The molecule has 0 aliphatic rings. The minimum Gasteiger partial charge on any atom is -0.476 e. The van der Waals surface area contributed by atoms with Crippen LogP contribution in [0.4, 0.5) is 0 Å². The molecule has 0 fully saturated rings. The molecule has 0 amide bonds. The molecule has 0 unspecified atom stereocenters. The van der Waals surface area contributed by atoms with E-state index >= 15 is 0 Å². The standard InChI is InChI=1S/C28H32O5S/c1-17-14-19(15-18(2)25(17)32-28(6,7)26(30)33-27(3,4)5)12-13-21(29)23-16-20-22(31-23)10-9-11-24(20)34-8/h9-16H,1-8H3/b13-12+. The molecule has 3 aromatic rings. The Labute approximate surface area is 205 Å². The second-order valence-electron chi connectivity index (χ2n) is 9.78. The van der Waals surface area contributed by atoms with Gasteiger partial charge >= 0.3 is 5.97 Å². The second-order valence-corrected chi connectivity index (χ2v) is 10.6. The largest absolute Gasteiger partial charge is 0.476 e. The van der Waals surface area contributed by atoms with E-state index in [0.717, 1.165) is 27.0 Å². The van der Waals surface area contributed by atoms with Crippen molar-refractivity contribution < 1.29 is 23.5 Å². The van der Waals surface area contributed by atoms with E-state index in [1.165, 1.54) is 6.08 Å². The zero-order valence-electron chi connectivity index (χ0n) is 21.1. The SMILES string of the molecule is CSc1cccc2oc(C(=O)/C=C/c3cc(C)c(OC(C)(C)C(=O)OC(C)(C)C)c(C)c3)cc12. The first kappa shape index (κ1) is 25.6. The van der Waals surface area contributed by atoms with Gasteiger partial charge in [-0.05, 0) is 108 Å². The summed E-state index contributed by atoms with van der Waals surface area (Å²) < 4.78 is 17.4. The van der Waals surface area contributed by atoms with Crippen LogP contribution < -0.4 is 4.74 Å². The van der Waals surface area contributed by atoms with Crippen molar-refractivity contribution in [3.63, 3.8) is 0 Å². The second kappa shape index (κ2) is 9.71. The Hall–Kier alpha value is -2.99. The number of esters is 1. The lowest BCUT2D eigenvalue weighted by Crippen LogP contribution is -2.43. The summed E-state index contributed by atoms with van der Waals surface area (Å²) >= 11 is 1.62. The van der Waals surface area contributed by atoms with Crippen molar-refractivity contribution in [2.75, 3.05) is 6.26 Å². The van der Waals surface area contributed by atoms with Gasteiger partial charge in [-0.1, -0.05) is 12.1 Å². The maximum atomic E-state index is 12.7. The topological polar surface area (TPSA) is 65.7 Å². The van der Waals surface area contributed by atoms with Crippen LogP contribution in [0.2, 0.25) is 0 Å². The van der Waals surface area contributed by atoms with Crippen LogP contribution in [0.15, 0.2) is 51.8 Å². The first-order chi connectivity index (χ1) is 15.8. The average Bonchev–Trinajstić information content (AvgIpc) is 3.18. The van der Waals surface area contributed by atoms with E-state index in [4.69, 9.17) is 13.9 Å². The highest BCUT2D eigenvalue weighted by atomic mass is 32.2. The number of carbonyl (C=O) groups is 2. The molecule has 0 saturated heterocycles. The number of carbonyl (C=O) groups excluding carboxylic acids is 2. The Morgan fingerprint density at radius 3 is 2.24 bits per heavy atom. The normalized spacial score (nSPS) is 12.4. The zero-order valence-corrected chi connectivity index (χ0v) is 21.9.